The standard InChI is InChI=1S/C15H17BrO3/c16-13-9-11(6-8-15(17)18)5-7-14(13)19-10-12-3-1-2-4-12/h5-9,12H,1-4,10H2,(H,17,18). The Labute approximate surface area is 121 Å². The minimum Gasteiger partial charge on any atom is -0.492 e. The van der Waals surface area contributed by atoms with E-state index >= 15 is 0 Å². The van der Waals surface area contributed by atoms with Crippen molar-refractivity contribution in [2.24, 2.45) is 5.92 Å². The fraction of sp³-hybridized carbons (Fsp3) is 0.400. The van der Waals surface area contributed by atoms with Gasteiger partial charge in [-0.1, -0.05) is 18.9 Å². The highest BCUT2D eigenvalue weighted by molar-refractivity contribution is 9.10. The summed E-state index contributed by atoms with van der Waals surface area (Å²) in [6.07, 6.45) is 7.84. The van der Waals surface area contributed by atoms with E-state index in [0.717, 1.165) is 28.5 Å². The lowest BCUT2D eigenvalue weighted by atomic mass is 10.1. The molecular weight excluding hydrogens is 308 g/mol. The molecule has 1 N–H and O–H groups in total. The first-order chi connectivity index (χ1) is 9.15. The molecule has 0 amide bonds. The summed E-state index contributed by atoms with van der Waals surface area (Å²) in [7, 11) is 0. The van der Waals surface area contributed by atoms with Crippen LogP contribution in [0.25, 0.3) is 6.08 Å². The van der Waals surface area contributed by atoms with Crippen LogP contribution in [0.5, 0.6) is 5.75 Å². The molecular formula is C15H17BrO3. The van der Waals surface area contributed by atoms with Gasteiger partial charge in [0, 0.05) is 6.08 Å². The van der Waals surface area contributed by atoms with E-state index in [9.17, 15) is 4.79 Å². The largest absolute Gasteiger partial charge is 0.492 e. The molecule has 0 saturated heterocycles. The van der Waals surface area contributed by atoms with Crippen LogP contribution >= 0.6 is 15.9 Å². The summed E-state index contributed by atoms with van der Waals surface area (Å²) in [4.78, 5) is 10.5. The maximum absolute atomic E-state index is 10.5. The topological polar surface area (TPSA) is 46.5 Å². The Bertz CT molecular complexity index is 476. The molecule has 0 atom stereocenters. The van der Waals surface area contributed by atoms with E-state index in [0.29, 0.717) is 5.92 Å². The Hall–Kier alpha value is -1.29. The lowest BCUT2D eigenvalue weighted by Crippen LogP contribution is -2.08. The molecule has 0 aliphatic heterocycles. The number of carbonyl (C=O) groups is 1. The molecule has 19 heavy (non-hydrogen) atoms. The van der Waals surface area contributed by atoms with Crippen molar-refractivity contribution in [2.45, 2.75) is 25.7 Å². The van der Waals surface area contributed by atoms with Gasteiger partial charge < -0.3 is 9.84 Å². The molecule has 0 aromatic heterocycles. The summed E-state index contributed by atoms with van der Waals surface area (Å²) in [5.74, 6) is 0.551. The van der Waals surface area contributed by atoms with Gasteiger partial charge in [0.15, 0.2) is 0 Å². The van der Waals surface area contributed by atoms with Gasteiger partial charge >= 0.3 is 5.97 Å². The van der Waals surface area contributed by atoms with Gasteiger partial charge in [0.2, 0.25) is 0 Å². The minimum absolute atomic E-state index is 0.679. The predicted octanol–water partition coefficient (Wildman–Crippen LogP) is 4.12. The highest BCUT2D eigenvalue weighted by atomic mass is 79.9. The molecule has 102 valence electrons. The van der Waals surface area contributed by atoms with Crippen LogP contribution in [0.4, 0.5) is 0 Å². The average molecular weight is 325 g/mol. The number of hydrogen-bond donors (Lipinski definition) is 1. The maximum Gasteiger partial charge on any atom is 0.328 e. The highest BCUT2D eigenvalue weighted by Crippen LogP contribution is 2.29. The van der Waals surface area contributed by atoms with E-state index in [1.54, 1.807) is 6.08 Å². The molecule has 1 aliphatic rings. The van der Waals surface area contributed by atoms with Crippen LogP contribution in [0.15, 0.2) is 28.7 Å². The lowest BCUT2D eigenvalue weighted by Gasteiger charge is -2.12. The van der Waals surface area contributed by atoms with E-state index < -0.39 is 5.97 Å². The number of halogens is 1. The van der Waals surface area contributed by atoms with Crippen molar-refractivity contribution >= 4 is 28.0 Å². The van der Waals surface area contributed by atoms with Gasteiger partial charge in [0.1, 0.15) is 5.75 Å². The van der Waals surface area contributed by atoms with Crippen LogP contribution in [0.2, 0.25) is 0 Å². The zero-order valence-corrected chi connectivity index (χ0v) is 12.2. The van der Waals surface area contributed by atoms with Gasteiger partial charge in [-0.05, 0) is 58.5 Å². The molecule has 1 saturated carbocycles. The third-order valence-corrected chi connectivity index (χ3v) is 3.94. The number of hydrogen-bond acceptors (Lipinski definition) is 2. The second-order valence-corrected chi connectivity index (χ2v) is 5.68. The summed E-state index contributed by atoms with van der Waals surface area (Å²) in [6, 6.07) is 5.60. The summed E-state index contributed by atoms with van der Waals surface area (Å²) >= 11 is 3.46. The van der Waals surface area contributed by atoms with E-state index in [2.05, 4.69) is 15.9 Å². The summed E-state index contributed by atoms with van der Waals surface area (Å²) in [6.45, 7) is 0.767. The first kappa shape index (κ1) is 14.1. The van der Waals surface area contributed by atoms with Crippen LogP contribution in [-0.2, 0) is 4.79 Å². The third kappa shape index (κ3) is 4.39. The van der Waals surface area contributed by atoms with Crippen LogP contribution in [0, 0.1) is 5.92 Å². The monoisotopic (exact) mass is 324 g/mol. The molecule has 0 heterocycles. The molecule has 1 fully saturated rings. The third-order valence-electron chi connectivity index (χ3n) is 3.32. The normalized spacial score (nSPS) is 16.1. The van der Waals surface area contributed by atoms with Crippen molar-refractivity contribution in [1.82, 2.24) is 0 Å². The second-order valence-electron chi connectivity index (χ2n) is 4.82. The Kier molecular flexibility index (Phi) is 5.02. The quantitative estimate of drug-likeness (QED) is 0.829. The molecule has 0 spiro atoms. The number of aliphatic carboxylic acids is 1. The number of carboxylic acids is 1. The summed E-state index contributed by atoms with van der Waals surface area (Å²) in [5, 5.41) is 8.58. The Balaban J connectivity index is 1.96. The molecule has 3 nitrogen and oxygen atoms in total. The van der Waals surface area contributed by atoms with E-state index in [-0.39, 0.29) is 0 Å². The van der Waals surface area contributed by atoms with Gasteiger partial charge in [0.05, 0.1) is 11.1 Å². The average Bonchev–Trinajstić information content (AvgIpc) is 2.88. The van der Waals surface area contributed by atoms with Gasteiger partial charge in [-0.25, -0.2) is 4.79 Å². The van der Waals surface area contributed by atoms with Gasteiger partial charge in [0.25, 0.3) is 0 Å². The van der Waals surface area contributed by atoms with Crippen molar-refractivity contribution in [2.75, 3.05) is 6.61 Å². The molecule has 0 radical (unpaired) electrons. The molecule has 2 rings (SSSR count). The Morgan fingerprint density at radius 1 is 1.42 bits per heavy atom. The smallest absolute Gasteiger partial charge is 0.328 e. The fourth-order valence-electron chi connectivity index (χ4n) is 2.29. The van der Waals surface area contributed by atoms with Gasteiger partial charge in [-0.3, -0.25) is 0 Å². The van der Waals surface area contributed by atoms with E-state index in [1.807, 2.05) is 18.2 Å². The van der Waals surface area contributed by atoms with Crippen LogP contribution < -0.4 is 4.74 Å². The number of benzene rings is 1. The van der Waals surface area contributed by atoms with Crippen LogP contribution in [0.1, 0.15) is 31.2 Å². The number of rotatable bonds is 5. The van der Waals surface area contributed by atoms with Crippen molar-refractivity contribution in [3.8, 4) is 5.75 Å². The first-order valence-electron chi connectivity index (χ1n) is 6.48. The second kappa shape index (κ2) is 6.75. The van der Waals surface area contributed by atoms with Crippen molar-refractivity contribution in [3.05, 3.63) is 34.3 Å². The van der Waals surface area contributed by atoms with Crippen molar-refractivity contribution in [1.29, 1.82) is 0 Å². The molecule has 0 unspecified atom stereocenters. The molecule has 1 aromatic rings. The lowest BCUT2D eigenvalue weighted by molar-refractivity contribution is -0.131. The van der Waals surface area contributed by atoms with Gasteiger partial charge in [-0.2, -0.15) is 0 Å². The molecule has 0 bridgehead atoms. The first-order valence-corrected chi connectivity index (χ1v) is 7.28. The van der Waals surface area contributed by atoms with Crippen molar-refractivity contribution < 1.29 is 14.6 Å². The predicted molar refractivity (Wildman–Crippen MR) is 78.3 cm³/mol. The Morgan fingerprint density at radius 2 is 2.16 bits per heavy atom. The van der Waals surface area contributed by atoms with E-state index in [1.165, 1.54) is 25.7 Å². The Morgan fingerprint density at radius 3 is 2.79 bits per heavy atom. The molecule has 1 aliphatic carbocycles. The van der Waals surface area contributed by atoms with Crippen LogP contribution in [0.3, 0.4) is 0 Å². The number of carboxylic acid groups (broad SMARTS) is 1. The molecule has 4 heteroatoms. The SMILES string of the molecule is O=C(O)C=Cc1ccc(OCC2CCCC2)c(Br)c1. The van der Waals surface area contributed by atoms with Gasteiger partial charge in [-0.15, -0.1) is 0 Å². The van der Waals surface area contributed by atoms with E-state index in [4.69, 9.17) is 9.84 Å². The molecule has 1 aromatic carbocycles. The minimum atomic E-state index is -0.947. The van der Waals surface area contributed by atoms with Crippen molar-refractivity contribution in [3.63, 3.8) is 0 Å². The highest BCUT2D eigenvalue weighted by Gasteiger charge is 2.16. The summed E-state index contributed by atoms with van der Waals surface area (Å²) < 4.78 is 6.67. The zero-order chi connectivity index (χ0) is 13.7. The maximum atomic E-state index is 10.5. The fourth-order valence-corrected chi connectivity index (χ4v) is 2.80. The number of ether oxygens (including phenoxy) is 1. The zero-order valence-electron chi connectivity index (χ0n) is 10.6. The summed E-state index contributed by atoms with van der Waals surface area (Å²) in [5.41, 5.74) is 0.836. The van der Waals surface area contributed by atoms with Crippen LogP contribution in [-0.4, -0.2) is 17.7 Å².